The molecule has 1 aliphatic heterocycles. The molecule has 3 rings (SSSR count). The number of hydrogen-bond acceptors (Lipinski definition) is 3. The van der Waals surface area contributed by atoms with Gasteiger partial charge in [0.2, 0.25) is 0 Å². The minimum absolute atomic E-state index is 0.289. The summed E-state index contributed by atoms with van der Waals surface area (Å²) in [5.74, 6) is 1.20. The Bertz CT molecular complexity index is 599. The fraction of sp³-hybridized carbons (Fsp3) is 0.267. The van der Waals surface area contributed by atoms with Crippen LogP contribution >= 0.6 is 0 Å². The molecule has 0 aliphatic carbocycles. The molecule has 2 heterocycles. The maximum absolute atomic E-state index is 9.37. The van der Waals surface area contributed by atoms with E-state index in [9.17, 15) is 5.26 Å². The number of aromatic amines is 1. The van der Waals surface area contributed by atoms with Gasteiger partial charge in [-0.05, 0) is 29.3 Å². The summed E-state index contributed by atoms with van der Waals surface area (Å²) in [6.45, 7) is 1.32. The number of aromatic nitrogens is 1. The molecule has 0 amide bonds. The topological polar surface area (TPSA) is 58.0 Å². The Hall–Kier alpha value is -2.41. The summed E-state index contributed by atoms with van der Waals surface area (Å²) in [6.07, 6.45) is 4.54. The van der Waals surface area contributed by atoms with Crippen molar-refractivity contribution in [2.24, 2.45) is 0 Å². The molecule has 4 nitrogen and oxygen atoms in total. The molecule has 19 heavy (non-hydrogen) atoms. The molecule has 1 unspecified atom stereocenters. The molecule has 4 heteroatoms. The number of H-pyrrole nitrogens is 1. The van der Waals surface area contributed by atoms with Crippen LogP contribution in [0.4, 0.5) is 0 Å². The smallest absolute Gasteiger partial charge is 0.161 e. The van der Waals surface area contributed by atoms with Gasteiger partial charge in [0.1, 0.15) is 0 Å². The van der Waals surface area contributed by atoms with Crippen LogP contribution in [0.5, 0.6) is 11.5 Å². The van der Waals surface area contributed by atoms with Crippen LogP contribution in [0.1, 0.15) is 23.5 Å². The third-order valence-electron chi connectivity index (χ3n) is 3.19. The quantitative estimate of drug-likeness (QED) is 0.896. The summed E-state index contributed by atoms with van der Waals surface area (Å²) in [5, 5.41) is 9.37. The van der Waals surface area contributed by atoms with E-state index in [1.54, 1.807) is 0 Å². The normalized spacial score (nSPS) is 15.3. The lowest BCUT2D eigenvalue weighted by molar-refractivity contribution is 0.297. The van der Waals surface area contributed by atoms with Crippen LogP contribution in [0.3, 0.4) is 0 Å². The zero-order chi connectivity index (χ0) is 13.1. The average molecular weight is 254 g/mol. The van der Waals surface area contributed by atoms with Crippen molar-refractivity contribution in [3.63, 3.8) is 0 Å². The standard InChI is InChI=1S/C15H14N2O2/c16-9-13(12-4-5-17-10-12)11-2-3-14-15(8-11)19-7-1-6-18-14/h2-5,8,10,13,17H,1,6-7H2. The van der Waals surface area contributed by atoms with E-state index in [1.807, 2.05) is 36.7 Å². The molecule has 0 bridgehead atoms. The third kappa shape index (κ3) is 2.27. The zero-order valence-corrected chi connectivity index (χ0v) is 10.4. The van der Waals surface area contributed by atoms with Crippen molar-refractivity contribution in [3.05, 3.63) is 47.8 Å². The number of rotatable bonds is 2. The molecular formula is C15H14N2O2. The van der Waals surface area contributed by atoms with Gasteiger partial charge in [-0.15, -0.1) is 0 Å². The molecule has 1 aromatic carbocycles. The van der Waals surface area contributed by atoms with Gasteiger partial charge in [0.05, 0.1) is 25.2 Å². The molecule has 1 aromatic heterocycles. The second-order valence-electron chi connectivity index (χ2n) is 4.46. The van der Waals surface area contributed by atoms with Gasteiger partial charge in [0.25, 0.3) is 0 Å². The predicted molar refractivity (Wildman–Crippen MR) is 70.3 cm³/mol. The minimum atomic E-state index is -0.289. The largest absolute Gasteiger partial charge is 0.490 e. The lowest BCUT2D eigenvalue weighted by Crippen LogP contribution is -1.99. The second kappa shape index (κ2) is 5.07. The van der Waals surface area contributed by atoms with Gasteiger partial charge in [0.15, 0.2) is 11.5 Å². The van der Waals surface area contributed by atoms with Crippen molar-refractivity contribution >= 4 is 0 Å². The van der Waals surface area contributed by atoms with Crippen molar-refractivity contribution in [2.75, 3.05) is 13.2 Å². The molecule has 1 atom stereocenters. The Morgan fingerprint density at radius 1 is 1.11 bits per heavy atom. The Morgan fingerprint density at radius 2 is 1.95 bits per heavy atom. The Kier molecular flexibility index (Phi) is 3.11. The summed E-state index contributed by atoms with van der Waals surface area (Å²) in [6, 6.07) is 9.95. The summed E-state index contributed by atoms with van der Waals surface area (Å²) in [5.41, 5.74) is 1.88. The van der Waals surface area contributed by atoms with Gasteiger partial charge < -0.3 is 14.5 Å². The predicted octanol–water partition coefficient (Wildman–Crippen LogP) is 2.83. The highest BCUT2D eigenvalue weighted by Crippen LogP contribution is 2.34. The number of benzene rings is 1. The van der Waals surface area contributed by atoms with E-state index in [4.69, 9.17) is 9.47 Å². The zero-order valence-electron chi connectivity index (χ0n) is 10.4. The summed E-state index contributed by atoms with van der Waals surface area (Å²) >= 11 is 0. The van der Waals surface area contributed by atoms with Crippen LogP contribution < -0.4 is 9.47 Å². The van der Waals surface area contributed by atoms with E-state index >= 15 is 0 Å². The Balaban J connectivity index is 1.97. The second-order valence-corrected chi connectivity index (χ2v) is 4.46. The Morgan fingerprint density at radius 3 is 2.68 bits per heavy atom. The first-order valence-corrected chi connectivity index (χ1v) is 6.30. The van der Waals surface area contributed by atoms with Gasteiger partial charge in [-0.25, -0.2) is 0 Å². The van der Waals surface area contributed by atoms with Crippen LogP contribution in [0.15, 0.2) is 36.7 Å². The average Bonchev–Trinajstić information content (AvgIpc) is 2.85. The number of ether oxygens (including phenoxy) is 2. The van der Waals surface area contributed by atoms with Crippen LogP contribution in [-0.2, 0) is 0 Å². The molecule has 0 saturated carbocycles. The number of hydrogen-bond donors (Lipinski definition) is 1. The molecule has 96 valence electrons. The molecule has 1 aliphatic rings. The SMILES string of the molecule is N#CC(c1cc[nH]c1)c1ccc2c(c1)OCCCO2. The van der Waals surface area contributed by atoms with Crippen LogP contribution in [0.25, 0.3) is 0 Å². The number of nitrogens with zero attached hydrogens (tertiary/aromatic N) is 1. The van der Waals surface area contributed by atoms with Crippen LogP contribution in [0.2, 0.25) is 0 Å². The molecule has 2 aromatic rings. The summed E-state index contributed by atoms with van der Waals surface area (Å²) in [7, 11) is 0. The maximum atomic E-state index is 9.37. The van der Waals surface area contributed by atoms with Gasteiger partial charge in [-0.2, -0.15) is 5.26 Å². The highest BCUT2D eigenvalue weighted by Gasteiger charge is 2.17. The molecule has 1 N–H and O–H groups in total. The van der Waals surface area contributed by atoms with E-state index in [2.05, 4.69) is 11.1 Å². The van der Waals surface area contributed by atoms with Gasteiger partial charge >= 0.3 is 0 Å². The van der Waals surface area contributed by atoms with Crippen molar-refractivity contribution in [1.29, 1.82) is 5.26 Å². The van der Waals surface area contributed by atoms with Crippen molar-refractivity contribution in [3.8, 4) is 17.6 Å². The number of nitriles is 1. The highest BCUT2D eigenvalue weighted by molar-refractivity contribution is 5.48. The minimum Gasteiger partial charge on any atom is -0.490 e. The third-order valence-corrected chi connectivity index (χ3v) is 3.19. The lowest BCUT2D eigenvalue weighted by atomic mass is 9.94. The summed E-state index contributed by atoms with van der Waals surface area (Å²) in [4.78, 5) is 2.98. The first-order valence-electron chi connectivity index (χ1n) is 6.30. The Labute approximate surface area is 111 Å². The van der Waals surface area contributed by atoms with E-state index < -0.39 is 0 Å². The van der Waals surface area contributed by atoms with Crippen molar-refractivity contribution in [1.82, 2.24) is 4.98 Å². The molecule has 0 saturated heterocycles. The van der Waals surface area contributed by atoms with Gasteiger partial charge in [-0.3, -0.25) is 0 Å². The van der Waals surface area contributed by atoms with Crippen LogP contribution in [0, 0.1) is 11.3 Å². The van der Waals surface area contributed by atoms with E-state index in [1.165, 1.54) is 0 Å². The monoisotopic (exact) mass is 254 g/mol. The maximum Gasteiger partial charge on any atom is 0.161 e. The molecule has 0 spiro atoms. The molecular weight excluding hydrogens is 240 g/mol. The molecule has 0 fully saturated rings. The van der Waals surface area contributed by atoms with E-state index in [0.29, 0.717) is 13.2 Å². The number of nitrogens with one attached hydrogen (secondary N) is 1. The van der Waals surface area contributed by atoms with Gasteiger partial charge in [0, 0.05) is 18.8 Å². The van der Waals surface area contributed by atoms with Crippen molar-refractivity contribution in [2.45, 2.75) is 12.3 Å². The van der Waals surface area contributed by atoms with E-state index in [0.717, 1.165) is 29.0 Å². The number of fused-ring (bicyclic) bond motifs is 1. The molecule has 0 radical (unpaired) electrons. The first-order chi connectivity index (χ1) is 9.38. The lowest BCUT2D eigenvalue weighted by Gasteiger charge is -2.12. The van der Waals surface area contributed by atoms with Crippen LogP contribution in [-0.4, -0.2) is 18.2 Å². The fourth-order valence-corrected chi connectivity index (χ4v) is 2.22. The van der Waals surface area contributed by atoms with Crippen molar-refractivity contribution < 1.29 is 9.47 Å². The van der Waals surface area contributed by atoms with Gasteiger partial charge in [-0.1, -0.05) is 6.07 Å². The first kappa shape index (κ1) is 11.7. The fourth-order valence-electron chi connectivity index (χ4n) is 2.22. The summed E-state index contributed by atoms with van der Waals surface area (Å²) < 4.78 is 11.3. The van der Waals surface area contributed by atoms with E-state index in [-0.39, 0.29) is 5.92 Å². The highest BCUT2D eigenvalue weighted by atomic mass is 16.5.